The van der Waals surface area contributed by atoms with E-state index in [2.05, 4.69) is 9.57 Å². The highest BCUT2D eigenvalue weighted by molar-refractivity contribution is 5.93. The van der Waals surface area contributed by atoms with Crippen LogP contribution >= 0.6 is 0 Å². The second-order valence-electron chi connectivity index (χ2n) is 2.46. The van der Waals surface area contributed by atoms with Crippen molar-refractivity contribution in [2.45, 2.75) is 0 Å². The van der Waals surface area contributed by atoms with E-state index >= 15 is 0 Å². The van der Waals surface area contributed by atoms with Crippen molar-refractivity contribution in [3.8, 4) is 0 Å². The second-order valence-corrected chi connectivity index (χ2v) is 2.46. The molecule has 5 heteroatoms. The Balaban J connectivity index is 2.56. The van der Waals surface area contributed by atoms with Crippen LogP contribution in [0.5, 0.6) is 0 Å². The van der Waals surface area contributed by atoms with Crippen molar-refractivity contribution in [2.24, 2.45) is 0 Å². The molecule has 1 aromatic carbocycles. The number of nitrogens with one attached hydrogen (secondary N) is 1. The molecule has 0 heterocycles. The van der Waals surface area contributed by atoms with Gasteiger partial charge >= 0.3 is 0 Å². The van der Waals surface area contributed by atoms with Gasteiger partial charge in [0.05, 0.1) is 5.56 Å². The van der Waals surface area contributed by atoms with E-state index in [0.717, 1.165) is 0 Å². The molecule has 0 spiro atoms. The van der Waals surface area contributed by atoms with E-state index in [-0.39, 0.29) is 12.4 Å². The normalized spacial score (nSPS) is 9.86. The summed E-state index contributed by atoms with van der Waals surface area (Å²) >= 11 is 0. The summed E-state index contributed by atoms with van der Waals surface area (Å²) in [6.07, 6.45) is 0. The molecule has 14 heavy (non-hydrogen) atoms. The summed E-state index contributed by atoms with van der Waals surface area (Å²) in [4.78, 5) is 15.8. The van der Waals surface area contributed by atoms with Gasteiger partial charge in [-0.3, -0.25) is 4.79 Å². The highest BCUT2D eigenvalue weighted by atomic mass is 19.1. The quantitative estimate of drug-likeness (QED) is 0.448. The van der Waals surface area contributed by atoms with Crippen LogP contribution in [-0.2, 0) is 9.57 Å². The molecule has 0 fully saturated rings. The van der Waals surface area contributed by atoms with Crippen LogP contribution in [0.2, 0.25) is 0 Å². The van der Waals surface area contributed by atoms with Crippen LogP contribution in [0.15, 0.2) is 24.3 Å². The molecule has 0 unspecified atom stereocenters. The number of hydroxylamine groups is 1. The number of amides is 1. The molecule has 0 radical (unpaired) electrons. The topological polar surface area (TPSA) is 47.6 Å². The molecule has 1 aromatic rings. The lowest BCUT2D eigenvalue weighted by Crippen LogP contribution is -2.25. The van der Waals surface area contributed by atoms with Gasteiger partial charge in [-0.25, -0.2) is 14.7 Å². The van der Waals surface area contributed by atoms with Crippen LogP contribution in [0.1, 0.15) is 10.4 Å². The van der Waals surface area contributed by atoms with Gasteiger partial charge in [0.2, 0.25) is 0 Å². The maximum Gasteiger partial charge on any atom is 0.277 e. The number of ether oxygens (including phenoxy) is 1. The summed E-state index contributed by atoms with van der Waals surface area (Å²) in [6, 6.07) is 5.63. The summed E-state index contributed by atoms with van der Waals surface area (Å²) in [5.41, 5.74) is 1.97. The standard InChI is InChI=1S/C9H10FNO3/c1-13-6-14-11-9(12)7-4-2-3-5-8(7)10/h2-5H,6H2,1H3,(H,11,12). The number of carbonyl (C=O) groups excluding carboxylic acids is 1. The molecule has 0 aliphatic heterocycles. The number of methoxy groups -OCH3 is 1. The molecule has 1 N–H and O–H groups in total. The average Bonchev–Trinajstić information content (AvgIpc) is 2.18. The van der Waals surface area contributed by atoms with Gasteiger partial charge in [0.15, 0.2) is 6.79 Å². The van der Waals surface area contributed by atoms with Crippen molar-refractivity contribution in [1.29, 1.82) is 0 Å². The minimum atomic E-state index is -0.639. The first-order valence-electron chi connectivity index (χ1n) is 3.91. The molecule has 1 amide bonds. The van der Waals surface area contributed by atoms with E-state index in [1.807, 2.05) is 5.48 Å². The lowest BCUT2D eigenvalue weighted by Gasteiger charge is -2.04. The smallest absolute Gasteiger partial charge is 0.277 e. The van der Waals surface area contributed by atoms with Crippen molar-refractivity contribution >= 4 is 5.91 Å². The van der Waals surface area contributed by atoms with E-state index in [4.69, 9.17) is 0 Å². The van der Waals surface area contributed by atoms with E-state index in [1.54, 1.807) is 6.07 Å². The third-order valence-electron chi connectivity index (χ3n) is 1.46. The number of hydrogen-bond acceptors (Lipinski definition) is 3. The molecule has 0 bridgehead atoms. The Labute approximate surface area is 80.6 Å². The predicted octanol–water partition coefficient (Wildman–Crippen LogP) is 1.09. The molecule has 76 valence electrons. The Morgan fingerprint density at radius 1 is 1.50 bits per heavy atom. The van der Waals surface area contributed by atoms with Crippen LogP contribution < -0.4 is 5.48 Å². The fraction of sp³-hybridized carbons (Fsp3) is 0.222. The first kappa shape index (κ1) is 10.6. The molecule has 0 atom stereocenters. The highest BCUT2D eigenvalue weighted by Crippen LogP contribution is 2.05. The van der Waals surface area contributed by atoms with Crippen LogP contribution in [0, 0.1) is 5.82 Å². The zero-order valence-electron chi connectivity index (χ0n) is 7.62. The minimum absolute atomic E-state index is 0.0661. The van der Waals surface area contributed by atoms with Crippen molar-refractivity contribution in [3.63, 3.8) is 0 Å². The number of halogens is 1. The first-order valence-corrected chi connectivity index (χ1v) is 3.91. The van der Waals surface area contributed by atoms with Gasteiger partial charge in [-0.2, -0.15) is 0 Å². The zero-order valence-corrected chi connectivity index (χ0v) is 7.62. The van der Waals surface area contributed by atoms with Crippen LogP contribution in [0.4, 0.5) is 4.39 Å². The van der Waals surface area contributed by atoms with Gasteiger partial charge in [0.1, 0.15) is 5.82 Å². The summed E-state index contributed by atoms with van der Waals surface area (Å²) in [5.74, 6) is -1.23. The maximum atomic E-state index is 13.0. The molecule has 0 saturated heterocycles. The minimum Gasteiger partial charge on any atom is -0.356 e. The largest absolute Gasteiger partial charge is 0.356 e. The Kier molecular flexibility index (Phi) is 4.03. The summed E-state index contributed by atoms with van der Waals surface area (Å²) in [5, 5.41) is 0. The van der Waals surface area contributed by atoms with Gasteiger partial charge in [-0.15, -0.1) is 0 Å². The lowest BCUT2D eigenvalue weighted by molar-refractivity contribution is -0.0705. The number of carbonyl (C=O) groups is 1. The van der Waals surface area contributed by atoms with Crippen molar-refractivity contribution in [1.82, 2.24) is 5.48 Å². The Hall–Kier alpha value is -1.46. The fourth-order valence-electron chi connectivity index (χ4n) is 0.854. The van der Waals surface area contributed by atoms with E-state index in [1.165, 1.54) is 25.3 Å². The highest BCUT2D eigenvalue weighted by Gasteiger charge is 2.09. The van der Waals surface area contributed by atoms with E-state index < -0.39 is 11.7 Å². The van der Waals surface area contributed by atoms with Crippen molar-refractivity contribution in [2.75, 3.05) is 13.9 Å². The summed E-state index contributed by atoms with van der Waals surface area (Å²) in [6.45, 7) is -0.0831. The molecular weight excluding hydrogens is 189 g/mol. The average molecular weight is 199 g/mol. The Morgan fingerprint density at radius 2 is 2.21 bits per heavy atom. The number of hydrogen-bond donors (Lipinski definition) is 1. The first-order chi connectivity index (χ1) is 6.75. The van der Waals surface area contributed by atoms with Gasteiger partial charge < -0.3 is 4.74 Å². The fourth-order valence-corrected chi connectivity index (χ4v) is 0.854. The van der Waals surface area contributed by atoms with Gasteiger partial charge in [-0.1, -0.05) is 12.1 Å². The zero-order chi connectivity index (χ0) is 10.4. The van der Waals surface area contributed by atoms with E-state index in [9.17, 15) is 9.18 Å². The molecule has 0 saturated carbocycles. The van der Waals surface area contributed by atoms with E-state index in [0.29, 0.717) is 0 Å². The molecule has 0 aromatic heterocycles. The lowest BCUT2D eigenvalue weighted by atomic mass is 10.2. The van der Waals surface area contributed by atoms with Crippen LogP contribution in [0.3, 0.4) is 0 Å². The molecule has 0 aliphatic carbocycles. The Morgan fingerprint density at radius 3 is 2.86 bits per heavy atom. The second kappa shape index (κ2) is 5.31. The maximum absolute atomic E-state index is 13.0. The molecule has 0 aliphatic rings. The molecule has 1 rings (SSSR count). The van der Waals surface area contributed by atoms with Crippen LogP contribution in [0.25, 0.3) is 0 Å². The third-order valence-corrected chi connectivity index (χ3v) is 1.46. The van der Waals surface area contributed by atoms with Crippen LogP contribution in [-0.4, -0.2) is 19.8 Å². The number of benzene rings is 1. The van der Waals surface area contributed by atoms with Gasteiger partial charge in [0, 0.05) is 7.11 Å². The van der Waals surface area contributed by atoms with Gasteiger partial charge in [0.25, 0.3) is 5.91 Å². The molecule has 4 nitrogen and oxygen atoms in total. The monoisotopic (exact) mass is 199 g/mol. The molecular formula is C9H10FNO3. The predicted molar refractivity (Wildman–Crippen MR) is 46.8 cm³/mol. The number of rotatable bonds is 4. The SMILES string of the molecule is COCONC(=O)c1ccccc1F. The third kappa shape index (κ3) is 2.79. The Bertz CT molecular complexity index is 317. The summed E-state index contributed by atoms with van der Waals surface area (Å²) < 4.78 is 17.5. The van der Waals surface area contributed by atoms with Gasteiger partial charge in [-0.05, 0) is 12.1 Å². The van der Waals surface area contributed by atoms with Crippen molar-refractivity contribution in [3.05, 3.63) is 35.6 Å². The van der Waals surface area contributed by atoms with Crippen molar-refractivity contribution < 1.29 is 18.8 Å². The summed E-state index contributed by atoms with van der Waals surface area (Å²) in [7, 11) is 1.41.